The van der Waals surface area contributed by atoms with E-state index in [9.17, 15) is 14.4 Å². The van der Waals surface area contributed by atoms with E-state index in [1.165, 1.54) is 25.1 Å². The molecule has 3 N–H and O–H groups in total. The van der Waals surface area contributed by atoms with E-state index < -0.39 is 5.97 Å². The smallest absolute Gasteiger partial charge is 0.340 e. The van der Waals surface area contributed by atoms with Gasteiger partial charge < -0.3 is 15.8 Å². The molecule has 0 unspecified atom stereocenters. The number of ether oxygens (including phenoxy) is 1. The van der Waals surface area contributed by atoms with Crippen molar-refractivity contribution in [1.82, 2.24) is 5.32 Å². The van der Waals surface area contributed by atoms with Crippen molar-refractivity contribution in [2.24, 2.45) is 0 Å². The lowest BCUT2D eigenvalue weighted by molar-refractivity contribution is -0.118. The molecule has 0 aliphatic carbocycles. The van der Waals surface area contributed by atoms with E-state index in [0.29, 0.717) is 17.1 Å². The summed E-state index contributed by atoms with van der Waals surface area (Å²) in [6.07, 6.45) is 1.60. The Kier molecular flexibility index (Phi) is 7.37. The third kappa shape index (κ3) is 6.42. The maximum atomic E-state index is 12.2. The van der Waals surface area contributed by atoms with E-state index in [1.54, 1.807) is 12.1 Å². The van der Waals surface area contributed by atoms with Gasteiger partial charge in [-0.05, 0) is 36.6 Å². The Morgan fingerprint density at radius 3 is 2.44 bits per heavy atom. The third-order valence-electron chi connectivity index (χ3n) is 3.86. The molecule has 0 spiro atoms. The number of hydrogen-bond donors (Lipinski definition) is 2. The normalized spacial score (nSPS) is 10.3. The summed E-state index contributed by atoms with van der Waals surface area (Å²) < 4.78 is 5.05. The molecule has 0 fully saturated rings. The first-order valence-electron chi connectivity index (χ1n) is 8.45. The van der Waals surface area contributed by atoms with Crippen LogP contribution < -0.4 is 11.1 Å². The van der Waals surface area contributed by atoms with E-state index in [4.69, 9.17) is 22.1 Å². The van der Waals surface area contributed by atoms with Crippen LogP contribution in [-0.4, -0.2) is 30.8 Å². The first-order chi connectivity index (χ1) is 12.9. The molecule has 7 heteroatoms. The minimum Gasteiger partial charge on any atom is -0.454 e. The van der Waals surface area contributed by atoms with Crippen LogP contribution in [0.4, 0.5) is 5.69 Å². The highest BCUT2D eigenvalue weighted by Crippen LogP contribution is 2.19. The van der Waals surface area contributed by atoms with Gasteiger partial charge in [0.25, 0.3) is 0 Å². The first-order valence-corrected chi connectivity index (χ1v) is 8.83. The Labute approximate surface area is 162 Å². The van der Waals surface area contributed by atoms with Crippen LogP contribution >= 0.6 is 11.6 Å². The van der Waals surface area contributed by atoms with Crippen molar-refractivity contribution in [3.63, 3.8) is 0 Å². The van der Waals surface area contributed by atoms with Crippen molar-refractivity contribution >= 4 is 34.9 Å². The van der Waals surface area contributed by atoms with Crippen molar-refractivity contribution in [3.05, 3.63) is 64.2 Å². The molecule has 0 saturated carbocycles. The molecule has 1 amide bonds. The van der Waals surface area contributed by atoms with Crippen LogP contribution in [0.1, 0.15) is 39.6 Å². The second kappa shape index (κ2) is 9.73. The molecular formula is C20H21ClN2O4. The Bertz CT molecular complexity index is 834. The molecule has 0 aromatic heterocycles. The van der Waals surface area contributed by atoms with Crippen molar-refractivity contribution in [3.8, 4) is 0 Å². The average Bonchev–Trinajstić information content (AvgIpc) is 2.63. The minimum absolute atomic E-state index is 0.0501. The fraction of sp³-hybridized carbons (Fsp3) is 0.250. The number of carbonyl (C=O) groups excluding carboxylic acids is 3. The maximum absolute atomic E-state index is 12.2. The quantitative estimate of drug-likeness (QED) is 0.313. The molecule has 0 atom stereocenters. The molecule has 142 valence electrons. The number of nitrogens with two attached hydrogens (primary N) is 1. The number of aryl methyl sites for hydroxylation is 1. The number of ketones is 1. The van der Waals surface area contributed by atoms with Crippen LogP contribution in [0.2, 0.25) is 5.02 Å². The maximum Gasteiger partial charge on any atom is 0.340 e. The standard InChI is InChI=1S/C20H21ClN2O4/c1-13(24)23-10-2-3-14-4-6-15(7-5-14)19(25)12-27-20(26)17-9-8-16(21)11-18(17)22/h4-9,11H,2-3,10,12,22H2,1H3,(H,23,24). The molecule has 2 aromatic carbocycles. The molecule has 0 bridgehead atoms. The van der Waals surface area contributed by atoms with E-state index in [1.807, 2.05) is 12.1 Å². The highest BCUT2D eigenvalue weighted by atomic mass is 35.5. The Morgan fingerprint density at radius 1 is 1.11 bits per heavy atom. The third-order valence-corrected chi connectivity index (χ3v) is 4.10. The predicted molar refractivity (Wildman–Crippen MR) is 104 cm³/mol. The number of rotatable bonds is 8. The number of nitrogens with one attached hydrogen (secondary N) is 1. The molecule has 0 saturated heterocycles. The number of amides is 1. The van der Waals surface area contributed by atoms with Crippen LogP contribution in [0.5, 0.6) is 0 Å². The fourth-order valence-corrected chi connectivity index (χ4v) is 2.61. The molecule has 6 nitrogen and oxygen atoms in total. The summed E-state index contributed by atoms with van der Waals surface area (Å²) in [4.78, 5) is 35.0. The lowest BCUT2D eigenvalue weighted by Crippen LogP contribution is -2.21. The zero-order valence-electron chi connectivity index (χ0n) is 15.0. The highest BCUT2D eigenvalue weighted by molar-refractivity contribution is 6.31. The largest absolute Gasteiger partial charge is 0.454 e. The van der Waals surface area contributed by atoms with Crippen molar-refractivity contribution in [2.45, 2.75) is 19.8 Å². The Balaban J connectivity index is 1.85. The second-order valence-corrected chi connectivity index (χ2v) is 6.45. The summed E-state index contributed by atoms with van der Waals surface area (Å²) in [6.45, 7) is 1.72. The molecule has 2 aromatic rings. The zero-order chi connectivity index (χ0) is 19.8. The SMILES string of the molecule is CC(=O)NCCCc1ccc(C(=O)COC(=O)c2ccc(Cl)cc2N)cc1. The molecular weight excluding hydrogens is 368 g/mol. The number of anilines is 1. The van der Waals surface area contributed by atoms with Gasteiger partial charge in [-0.15, -0.1) is 0 Å². The lowest BCUT2D eigenvalue weighted by atomic mass is 10.1. The Morgan fingerprint density at radius 2 is 1.81 bits per heavy atom. The van der Waals surface area contributed by atoms with Crippen LogP contribution in [0, 0.1) is 0 Å². The van der Waals surface area contributed by atoms with Gasteiger partial charge >= 0.3 is 5.97 Å². The van der Waals surface area contributed by atoms with E-state index >= 15 is 0 Å². The first kappa shape index (κ1) is 20.5. The zero-order valence-corrected chi connectivity index (χ0v) is 15.7. The lowest BCUT2D eigenvalue weighted by Gasteiger charge is -2.08. The van der Waals surface area contributed by atoms with Gasteiger partial charge in [-0.25, -0.2) is 4.79 Å². The van der Waals surface area contributed by atoms with E-state index in [0.717, 1.165) is 18.4 Å². The number of halogens is 1. The van der Waals surface area contributed by atoms with Crippen molar-refractivity contribution in [2.75, 3.05) is 18.9 Å². The van der Waals surface area contributed by atoms with Gasteiger partial charge in [0, 0.05) is 29.7 Å². The van der Waals surface area contributed by atoms with Crippen LogP contribution in [0.15, 0.2) is 42.5 Å². The molecule has 0 heterocycles. The van der Waals surface area contributed by atoms with Crippen LogP contribution in [0.25, 0.3) is 0 Å². The minimum atomic E-state index is -0.674. The van der Waals surface area contributed by atoms with E-state index in [-0.39, 0.29) is 29.5 Å². The summed E-state index contributed by atoms with van der Waals surface area (Å²) in [5.41, 5.74) is 7.61. The number of nitrogen functional groups attached to an aromatic ring is 1. The van der Waals surface area contributed by atoms with E-state index in [2.05, 4.69) is 5.32 Å². The van der Waals surface area contributed by atoms with Crippen molar-refractivity contribution < 1.29 is 19.1 Å². The molecule has 0 aliphatic rings. The number of hydrogen-bond acceptors (Lipinski definition) is 5. The molecule has 0 radical (unpaired) electrons. The molecule has 0 aliphatic heterocycles. The summed E-state index contributed by atoms with van der Waals surface area (Å²) >= 11 is 5.79. The van der Waals surface area contributed by atoms with Crippen molar-refractivity contribution in [1.29, 1.82) is 0 Å². The number of esters is 1. The van der Waals surface area contributed by atoms with Gasteiger partial charge in [-0.2, -0.15) is 0 Å². The van der Waals surface area contributed by atoms with Gasteiger partial charge in [0.2, 0.25) is 5.91 Å². The summed E-state index contributed by atoms with van der Waals surface area (Å²) in [5.74, 6) is -1.03. The van der Waals surface area contributed by atoms with Crippen LogP contribution in [0.3, 0.4) is 0 Å². The number of benzene rings is 2. The number of Topliss-reactive ketones (excluding diaryl/α,β-unsaturated/α-hetero) is 1. The van der Waals surface area contributed by atoms with Gasteiger partial charge in [-0.1, -0.05) is 35.9 Å². The average molecular weight is 389 g/mol. The summed E-state index contributed by atoms with van der Waals surface area (Å²) in [6, 6.07) is 11.5. The molecule has 2 rings (SSSR count). The van der Waals surface area contributed by atoms with Gasteiger partial charge in [0.05, 0.1) is 5.56 Å². The van der Waals surface area contributed by atoms with Gasteiger partial charge in [-0.3, -0.25) is 9.59 Å². The second-order valence-electron chi connectivity index (χ2n) is 6.01. The Hall–Kier alpha value is -2.86. The van der Waals surface area contributed by atoms with Gasteiger partial charge in [0.1, 0.15) is 0 Å². The summed E-state index contributed by atoms with van der Waals surface area (Å²) in [5, 5.41) is 3.15. The van der Waals surface area contributed by atoms with Crippen LogP contribution in [-0.2, 0) is 16.0 Å². The van der Waals surface area contributed by atoms with Gasteiger partial charge in [0.15, 0.2) is 12.4 Å². The highest BCUT2D eigenvalue weighted by Gasteiger charge is 2.14. The number of carbonyl (C=O) groups is 3. The topological polar surface area (TPSA) is 98.5 Å². The molecule has 27 heavy (non-hydrogen) atoms. The fourth-order valence-electron chi connectivity index (χ4n) is 2.43. The monoisotopic (exact) mass is 388 g/mol. The predicted octanol–water partition coefficient (Wildman–Crippen LogP) is 3.03. The summed E-state index contributed by atoms with van der Waals surface area (Å²) in [7, 11) is 0.